The quantitative estimate of drug-likeness (QED) is 0.863. The number of fused-ring (bicyclic) bond motifs is 1. The van der Waals surface area contributed by atoms with E-state index in [0.29, 0.717) is 12.1 Å². The Kier molecular flexibility index (Phi) is 3.04. The molecule has 3 unspecified atom stereocenters. The second kappa shape index (κ2) is 4.67. The zero-order chi connectivity index (χ0) is 11.7. The fourth-order valence-electron chi connectivity index (χ4n) is 2.65. The maximum Gasteiger partial charge on any atom is 0.123 e. The Bertz CT molecular complexity index is 369. The molecule has 0 saturated carbocycles. The second-order valence-corrected chi connectivity index (χ2v) is 4.93. The third kappa shape index (κ3) is 2.31. The van der Waals surface area contributed by atoms with Crippen molar-refractivity contribution >= 4 is 0 Å². The third-order valence-corrected chi connectivity index (χ3v) is 3.70. The van der Waals surface area contributed by atoms with Crippen LogP contribution in [-0.2, 0) is 11.2 Å². The van der Waals surface area contributed by atoms with Crippen molar-refractivity contribution in [2.45, 2.75) is 38.0 Å². The van der Waals surface area contributed by atoms with Gasteiger partial charge in [0.15, 0.2) is 0 Å². The predicted octanol–water partition coefficient (Wildman–Crippen LogP) is 1.76. The highest BCUT2D eigenvalue weighted by atomic mass is 16.5. The normalized spacial score (nSPS) is 31.2. The van der Waals surface area contributed by atoms with Crippen LogP contribution in [0.1, 0.15) is 18.9 Å². The smallest absolute Gasteiger partial charge is 0.123 e. The van der Waals surface area contributed by atoms with Crippen LogP contribution in [0, 0.1) is 0 Å². The minimum absolute atomic E-state index is 0.278. The number of nitrogens with one attached hydrogen (secondary N) is 1. The van der Waals surface area contributed by atoms with Crippen LogP contribution < -0.4 is 10.1 Å². The van der Waals surface area contributed by atoms with Crippen LogP contribution in [0.25, 0.3) is 0 Å². The predicted molar refractivity (Wildman–Crippen MR) is 66.4 cm³/mol. The largest absolute Gasteiger partial charge is 0.488 e. The summed E-state index contributed by atoms with van der Waals surface area (Å²) in [7, 11) is 0. The number of ether oxygens (including phenoxy) is 2. The molecule has 1 saturated heterocycles. The summed E-state index contributed by atoms with van der Waals surface area (Å²) in [6.07, 6.45) is 2.74. The van der Waals surface area contributed by atoms with Gasteiger partial charge in [-0.1, -0.05) is 18.2 Å². The van der Waals surface area contributed by atoms with Gasteiger partial charge in [-0.2, -0.15) is 0 Å². The van der Waals surface area contributed by atoms with Gasteiger partial charge in [0.05, 0.1) is 6.10 Å². The highest BCUT2D eigenvalue weighted by Crippen LogP contribution is 2.28. The topological polar surface area (TPSA) is 30.5 Å². The van der Waals surface area contributed by atoms with Gasteiger partial charge in [0, 0.05) is 25.6 Å². The molecular formula is C14H19NO2. The molecular weight excluding hydrogens is 214 g/mol. The Morgan fingerprint density at radius 3 is 3.00 bits per heavy atom. The van der Waals surface area contributed by atoms with Crippen LogP contribution in [0.2, 0.25) is 0 Å². The fraction of sp³-hybridized carbons (Fsp3) is 0.571. The summed E-state index contributed by atoms with van der Waals surface area (Å²) in [5.74, 6) is 1.05. The maximum absolute atomic E-state index is 5.90. The molecule has 17 heavy (non-hydrogen) atoms. The van der Waals surface area contributed by atoms with E-state index >= 15 is 0 Å². The van der Waals surface area contributed by atoms with Crippen molar-refractivity contribution in [2.75, 3.05) is 13.2 Å². The molecule has 0 amide bonds. The minimum Gasteiger partial charge on any atom is -0.488 e. The van der Waals surface area contributed by atoms with E-state index in [1.54, 1.807) is 0 Å². The van der Waals surface area contributed by atoms with E-state index < -0.39 is 0 Å². The van der Waals surface area contributed by atoms with E-state index in [2.05, 4.69) is 30.4 Å². The van der Waals surface area contributed by atoms with E-state index in [4.69, 9.17) is 9.47 Å². The van der Waals surface area contributed by atoms with Crippen molar-refractivity contribution in [1.82, 2.24) is 5.32 Å². The lowest BCUT2D eigenvalue weighted by atomic mass is 10.1. The molecule has 3 rings (SSSR count). The van der Waals surface area contributed by atoms with Crippen LogP contribution in [0.5, 0.6) is 5.75 Å². The maximum atomic E-state index is 5.90. The van der Waals surface area contributed by atoms with Gasteiger partial charge in [-0.25, -0.2) is 0 Å². The number of rotatable bonds is 3. The van der Waals surface area contributed by atoms with Crippen molar-refractivity contribution < 1.29 is 9.47 Å². The van der Waals surface area contributed by atoms with Gasteiger partial charge in [0.2, 0.25) is 0 Å². The van der Waals surface area contributed by atoms with Crippen LogP contribution >= 0.6 is 0 Å². The van der Waals surface area contributed by atoms with E-state index in [9.17, 15) is 0 Å². The molecule has 2 aliphatic rings. The van der Waals surface area contributed by atoms with Gasteiger partial charge in [-0.15, -0.1) is 0 Å². The van der Waals surface area contributed by atoms with Crippen molar-refractivity contribution in [3.05, 3.63) is 29.8 Å². The molecule has 0 aromatic heterocycles. The second-order valence-electron chi connectivity index (χ2n) is 4.93. The molecule has 1 aromatic rings. The van der Waals surface area contributed by atoms with E-state index in [0.717, 1.165) is 31.7 Å². The molecule has 3 heteroatoms. The zero-order valence-corrected chi connectivity index (χ0v) is 10.2. The standard InChI is InChI=1S/C14H19NO2/c1-10-13(6-7-16-10)15-9-12-8-11-4-2-3-5-14(11)17-12/h2-5,10,12-13,15H,6-9H2,1H3. The number of hydrogen-bond acceptors (Lipinski definition) is 3. The Hall–Kier alpha value is -1.06. The Labute approximate surface area is 102 Å². The number of hydrogen-bond donors (Lipinski definition) is 1. The molecule has 2 aliphatic heterocycles. The van der Waals surface area contributed by atoms with E-state index in [1.807, 2.05) is 6.07 Å². The molecule has 1 N–H and O–H groups in total. The van der Waals surface area contributed by atoms with Crippen molar-refractivity contribution in [3.8, 4) is 5.75 Å². The summed E-state index contributed by atoms with van der Waals surface area (Å²) in [4.78, 5) is 0. The lowest BCUT2D eigenvalue weighted by Crippen LogP contribution is -2.40. The summed E-state index contributed by atoms with van der Waals surface area (Å²) in [6, 6.07) is 8.79. The first kappa shape index (κ1) is 11.1. The summed E-state index contributed by atoms with van der Waals surface area (Å²) < 4.78 is 11.4. The lowest BCUT2D eigenvalue weighted by Gasteiger charge is -2.18. The first-order valence-electron chi connectivity index (χ1n) is 6.42. The van der Waals surface area contributed by atoms with E-state index in [1.165, 1.54) is 5.56 Å². The van der Waals surface area contributed by atoms with Crippen molar-refractivity contribution in [1.29, 1.82) is 0 Å². The SMILES string of the molecule is CC1OCCC1NCC1Cc2ccccc2O1. The van der Waals surface area contributed by atoms with Crippen molar-refractivity contribution in [3.63, 3.8) is 0 Å². The molecule has 1 fully saturated rings. The number of benzene rings is 1. The van der Waals surface area contributed by atoms with Gasteiger partial charge >= 0.3 is 0 Å². The fourth-order valence-corrected chi connectivity index (χ4v) is 2.65. The third-order valence-electron chi connectivity index (χ3n) is 3.70. The first-order chi connectivity index (χ1) is 8.33. The van der Waals surface area contributed by atoms with Gasteiger partial charge in [-0.3, -0.25) is 0 Å². The summed E-state index contributed by atoms with van der Waals surface area (Å²) in [6.45, 7) is 3.92. The van der Waals surface area contributed by atoms with Gasteiger partial charge in [-0.05, 0) is 25.0 Å². The minimum atomic E-state index is 0.278. The van der Waals surface area contributed by atoms with Gasteiger partial charge < -0.3 is 14.8 Å². The molecule has 3 nitrogen and oxygen atoms in total. The molecule has 0 spiro atoms. The Morgan fingerprint density at radius 2 is 2.24 bits per heavy atom. The van der Waals surface area contributed by atoms with Crippen LogP contribution in [0.3, 0.4) is 0 Å². The van der Waals surface area contributed by atoms with E-state index in [-0.39, 0.29) is 6.10 Å². The van der Waals surface area contributed by atoms with Crippen molar-refractivity contribution in [2.24, 2.45) is 0 Å². The molecule has 0 bridgehead atoms. The number of para-hydroxylation sites is 1. The highest BCUT2D eigenvalue weighted by Gasteiger charge is 2.27. The Balaban J connectivity index is 1.52. The summed E-state index contributed by atoms with van der Waals surface area (Å²) >= 11 is 0. The average molecular weight is 233 g/mol. The van der Waals surface area contributed by atoms with Crippen LogP contribution in [-0.4, -0.2) is 31.4 Å². The Morgan fingerprint density at radius 1 is 1.35 bits per heavy atom. The molecule has 0 aliphatic carbocycles. The highest BCUT2D eigenvalue weighted by molar-refractivity contribution is 5.37. The average Bonchev–Trinajstić information content (AvgIpc) is 2.92. The van der Waals surface area contributed by atoms with Crippen LogP contribution in [0.15, 0.2) is 24.3 Å². The monoisotopic (exact) mass is 233 g/mol. The molecule has 0 radical (unpaired) electrons. The summed E-state index contributed by atoms with van der Waals surface area (Å²) in [5, 5.41) is 3.56. The zero-order valence-electron chi connectivity index (χ0n) is 10.2. The summed E-state index contributed by atoms with van der Waals surface area (Å²) in [5.41, 5.74) is 1.33. The van der Waals surface area contributed by atoms with Gasteiger partial charge in [0.1, 0.15) is 11.9 Å². The molecule has 92 valence electrons. The first-order valence-corrected chi connectivity index (χ1v) is 6.42. The molecule has 3 atom stereocenters. The lowest BCUT2D eigenvalue weighted by molar-refractivity contribution is 0.110. The molecule has 2 heterocycles. The van der Waals surface area contributed by atoms with Crippen LogP contribution in [0.4, 0.5) is 0 Å². The van der Waals surface area contributed by atoms with Gasteiger partial charge in [0.25, 0.3) is 0 Å². The molecule has 1 aromatic carbocycles.